The van der Waals surface area contributed by atoms with Crippen LogP contribution in [0.5, 0.6) is 0 Å². The third-order valence-corrected chi connectivity index (χ3v) is 2.41. The Morgan fingerprint density at radius 2 is 1.21 bits per heavy atom. The van der Waals surface area contributed by atoms with E-state index in [0.717, 1.165) is 0 Å². The zero-order valence-corrected chi connectivity index (χ0v) is 8.03. The number of hydrogen-bond donors (Lipinski definition) is 0. The van der Waals surface area contributed by atoms with Crippen LogP contribution in [0.4, 0.5) is 0 Å². The first-order valence-corrected chi connectivity index (χ1v) is 4.65. The zero-order chi connectivity index (χ0) is 9.97. The van der Waals surface area contributed by atoms with E-state index in [-0.39, 0.29) is 0 Å². The summed E-state index contributed by atoms with van der Waals surface area (Å²) in [6, 6.07) is 12.9. The smallest absolute Gasteiger partial charge is 0.00389 e. The molecule has 0 radical (unpaired) electrons. The number of rotatable bonds is 0. The van der Waals surface area contributed by atoms with Crippen molar-refractivity contribution in [2.75, 3.05) is 0 Å². The summed E-state index contributed by atoms with van der Waals surface area (Å²) in [5.74, 6) is 0. The van der Waals surface area contributed by atoms with Crippen LogP contribution in [0.2, 0.25) is 0 Å². The molecule has 0 heterocycles. The Labute approximate surface area is 84.2 Å². The second-order valence-electron chi connectivity index (χ2n) is 3.13. The van der Waals surface area contributed by atoms with Crippen LogP contribution < -0.4 is 0 Å². The quantitative estimate of drug-likeness (QED) is 0.456. The maximum absolute atomic E-state index is 3.00. The molecule has 3 rings (SSSR count). The molecule has 0 heteroatoms. The molecular weight excluding hydrogens is 168 g/mol. The van der Waals surface area contributed by atoms with Crippen LogP contribution in [0.1, 0.15) is 11.1 Å². The van der Waals surface area contributed by atoms with Crippen LogP contribution in [0.3, 0.4) is 0 Å². The lowest BCUT2D eigenvalue weighted by Gasteiger charge is -1.99. The SMILES string of the molecule is C1=Cc2cccc3cccc1c23.C=C. The van der Waals surface area contributed by atoms with Gasteiger partial charge >= 0.3 is 0 Å². The lowest BCUT2D eigenvalue weighted by atomic mass is 10.0. The molecule has 0 nitrogen and oxygen atoms in total. The van der Waals surface area contributed by atoms with E-state index in [4.69, 9.17) is 0 Å². The minimum atomic E-state index is 1.34. The molecule has 0 saturated carbocycles. The van der Waals surface area contributed by atoms with Gasteiger partial charge in [0.25, 0.3) is 0 Å². The minimum absolute atomic E-state index is 1.34. The second kappa shape index (κ2) is 3.51. The fourth-order valence-corrected chi connectivity index (χ4v) is 1.86. The van der Waals surface area contributed by atoms with E-state index < -0.39 is 0 Å². The molecule has 1 aliphatic carbocycles. The van der Waals surface area contributed by atoms with Gasteiger partial charge in [0.1, 0.15) is 0 Å². The first-order valence-electron chi connectivity index (χ1n) is 4.65. The highest BCUT2D eigenvalue weighted by Crippen LogP contribution is 2.30. The molecule has 0 unspecified atom stereocenters. The molecule has 0 aromatic heterocycles. The van der Waals surface area contributed by atoms with E-state index in [2.05, 4.69) is 61.7 Å². The van der Waals surface area contributed by atoms with Gasteiger partial charge in [-0.1, -0.05) is 48.6 Å². The topological polar surface area (TPSA) is 0 Å². The van der Waals surface area contributed by atoms with Gasteiger partial charge in [-0.3, -0.25) is 0 Å². The van der Waals surface area contributed by atoms with E-state index in [0.29, 0.717) is 0 Å². The van der Waals surface area contributed by atoms with E-state index in [1.807, 2.05) is 0 Å². The largest absolute Gasteiger partial charge is 0.106 e. The van der Waals surface area contributed by atoms with Crippen molar-refractivity contribution in [1.82, 2.24) is 0 Å². The molecule has 2 aromatic rings. The summed E-state index contributed by atoms with van der Waals surface area (Å²) in [6.45, 7) is 6.00. The van der Waals surface area contributed by atoms with E-state index in [9.17, 15) is 0 Å². The first-order chi connectivity index (χ1) is 6.95. The van der Waals surface area contributed by atoms with Crippen LogP contribution in [-0.2, 0) is 0 Å². The van der Waals surface area contributed by atoms with Gasteiger partial charge in [-0.25, -0.2) is 0 Å². The summed E-state index contributed by atoms with van der Waals surface area (Å²) < 4.78 is 0. The van der Waals surface area contributed by atoms with Crippen molar-refractivity contribution in [1.29, 1.82) is 0 Å². The highest BCUT2D eigenvalue weighted by atomic mass is 14.1. The van der Waals surface area contributed by atoms with Gasteiger partial charge in [0.15, 0.2) is 0 Å². The van der Waals surface area contributed by atoms with Gasteiger partial charge in [-0.2, -0.15) is 0 Å². The van der Waals surface area contributed by atoms with Gasteiger partial charge in [-0.15, -0.1) is 13.2 Å². The highest BCUT2D eigenvalue weighted by molar-refractivity contribution is 6.04. The second-order valence-corrected chi connectivity index (χ2v) is 3.13. The first kappa shape index (κ1) is 8.76. The molecule has 0 N–H and O–H groups in total. The van der Waals surface area contributed by atoms with Crippen molar-refractivity contribution in [2.24, 2.45) is 0 Å². The van der Waals surface area contributed by atoms with Crippen LogP contribution >= 0.6 is 0 Å². The maximum atomic E-state index is 3.00. The summed E-state index contributed by atoms with van der Waals surface area (Å²) in [5, 5.41) is 2.75. The molecule has 2 aromatic carbocycles. The predicted molar refractivity (Wildman–Crippen MR) is 64.1 cm³/mol. The average molecular weight is 180 g/mol. The summed E-state index contributed by atoms with van der Waals surface area (Å²) in [6.07, 6.45) is 4.36. The van der Waals surface area contributed by atoms with Gasteiger partial charge in [-0.05, 0) is 21.9 Å². The molecule has 0 amide bonds. The molecule has 14 heavy (non-hydrogen) atoms. The molecular formula is C14H12. The van der Waals surface area contributed by atoms with Crippen molar-refractivity contribution < 1.29 is 0 Å². The summed E-state index contributed by atoms with van der Waals surface area (Å²) in [5.41, 5.74) is 2.70. The average Bonchev–Trinajstić information content (AvgIpc) is 2.68. The molecule has 68 valence electrons. The normalized spacial score (nSPS) is 11.1. The Morgan fingerprint density at radius 1 is 0.714 bits per heavy atom. The maximum Gasteiger partial charge on any atom is -0.00389 e. The van der Waals surface area contributed by atoms with E-state index >= 15 is 0 Å². The Kier molecular flexibility index (Phi) is 2.19. The Hall–Kier alpha value is -1.82. The van der Waals surface area contributed by atoms with E-state index in [1.54, 1.807) is 0 Å². The summed E-state index contributed by atoms with van der Waals surface area (Å²) in [7, 11) is 0. The van der Waals surface area contributed by atoms with Crippen molar-refractivity contribution in [2.45, 2.75) is 0 Å². The molecule has 0 saturated heterocycles. The van der Waals surface area contributed by atoms with Gasteiger partial charge in [0.05, 0.1) is 0 Å². The van der Waals surface area contributed by atoms with Gasteiger partial charge in [0, 0.05) is 0 Å². The number of hydrogen-bond acceptors (Lipinski definition) is 0. The standard InChI is InChI=1S/C12H8.C2H4/c1-3-9-4-2-6-11-8-7-10(5-1)12(9)11;1-2/h1-8H;1-2H2. The number of benzene rings is 2. The van der Waals surface area contributed by atoms with Gasteiger partial charge in [0.2, 0.25) is 0 Å². The Morgan fingerprint density at radius 3 is 1.71 bits per heavy atom. The fourth-order valence-electron chi connectivity index (χ4n) is 1.86. The third-order valence-electron chi connectivity index (χ3n) is 2.41. The summed E-state index contributed by atoms with van der Waals surface area (Å²) in [4.78, 5) is 0. The van der Waals surface area contributed by atoms with Crippen LogP contribution in [0, 0.1) is 0 Å². The molecule has 1 aliphatic rings. The fraction of sp³-hybridized carbons (Fsp3) is 0. The lowest BCUT2D eigenvalue weighted by Crippen LogP contribution is -1.76. The Balaban J connectivity index is 0.000000354. The van der Waals surface area contributed by atoms with Crippen molar-refractivity contribution >= 4 is 22.9 Å². The molecule has 0 aliphatic heterocycles. The van der Waals surface area contributed by atoms with Crippen LogP contribution in [0.25, 0.3) is 22.9 Å². The zero-order valence-electron chi connectivity index (χ0n) is 8.03. The van der Waals surface area contributed by atoms with E-state index in [1.165, 1.54) is 21.9 Å². The monoisotopic (exact) mass is 180 g/mol. The Bertz CT molecular complexity index is 452. The molecule has 0 spiro atoms. The molecule has 0 atom stereocenters. The molecule has 0 fully saturated rings. The van der Waals surface area contributed by atoms with Crippen LogP contribution in [-0.4, -0.2) is 0 Å². The molecule has 0 bridgehead atoms. The highest BCUT2D eigenvalue weighted by Gasteiger charge is 2.06. The summed E-state index contributed by atoms with van der Waals surface area (Å²) >= 11 is 0. The van der Waals surface area contributed by atoms with Crippen LogP contribution in [0.15, 0.2) is 49.6 Å². The van der Waals surface area contributed by atoms with Crippen molar-refractivity contribution in [3.8, 4) is 0 Å². The minimum Gasteiger partial charge on any atom is -0.106 e. The van der Waals surface area contributed by atoms with Gasteiger partial charge < -0.3 is 0 Å². The predicted octanol–water partition coefficient (Wildman–Crippen LogP) is 4.13. The lowest BCUT2D eigenvalue weighted by molar-refractivity contribution is 1.72. The third kappa shape index (κ3) is 1.16. The van der Waals surface area contributed by atoms with Crippen molar-refractivity contribution in [3.05, 3.63) is 60.7 Å². The van der Waals surface area contributed by atoms with Crippen molar-refractivity contribution in [3.63, 3.8) is 0 Å².